The van der Waals surface area contributed by atoms with Gasteiger partial charge in [-0.3, -0.25) is 4.79 Å². The number of carbonyl (C=O) groups is 1. The molecule has 1 aromatic carbocycles. The second-order valence-corrected chi connectivity index (χ2v) is 7.02. The number of nitriles is 1. The minimum atomic E-state index is -0.377. The van der Waals surface area contributed by atoms with Crippen LogP contribution in [0.15, 0.2) is 29.3 Å². The molecule has 2 aromatic rings. The minimum absolute atomic E-state index is 0.118. The van der Waals surface area contributed by atoms with E-state index in [2.05, 4.69) is 21.4 Å². The molecular weight excluding hydrogens is 344 g/mol. The lowest BCUT2D eigenvalue weighted by Crippen LogP contribution is -2.30. The molecule has 1 atom stereocenters. The minimum Gasteiger partial charge on any atom is -0.351 e. The van der Waals surface area contributed by atoms with Gasteiger partial charge in [-0.15, -0.1) is 0 Å². The summed E-state index contributed by atoms with van der Waals surface area (Å²) in [7, 11) is 0. The molecule has 0 fully saturated rings. The Kier molecular flexibility index (Phi) is 6.18. The average Bonchev–Trinajstić information content (AvgIpc) is 2.53. The number of aromatic nitrogens is 2. The van der Waals surface area contributed by atoms with E-state index in [-0.39, 0.29) is 11.2 Å². The number of carbonyl (C=O) groups excluding carboxylic acids is 1. The maximum atomic E-state index is 12.3. The number of aryl methyl sites for hydroxylation is 2. The van der Waals surface area contributed by atoms with Crippen molar-refractivity contribution < 1.29 is 4.79 Å². The van der Waals surface area contributed by atoms with Crippen molar-refractivity contribution in [3.8, 4) is 6.07 Å². The summed E-state index contributed by atoms with van der Waals surface area (Å²) in [4.78, 5) is 20.7. The third-order valence-corrected chi connectivity index (χ3v) is 4.66. The first-order valence-electron chi connectivity index (χ1n) is 7.35. The summed E-state index contributed by atoms with van der Waals surface area (Å²) in [6, 6.07) is 9.41. The zero-order chi connectivity index (χ0) is 17.7. The van der Waals surface area contributed by atoms with Crippen molar-refractivity contribution in [2.24, 2.45) is 0 Å². The second kappa shape index (κ2) is 8.13. The molecule has 1 unspecified atom stereocenters. The number of nitrogens with one attached hydrogen (secondary N) is 1. The van der Waals surface area contributed by atoms with Gasteiger partial charge < -0.3 is 5.32 Å². The van der Waals surface area contributed by atoms with Crippen LogP contribution in [0.25, 0.3) is 0 Å². The highest BCUT2D eigenvalue weighted by Crippen LogP contribution is 2.26. The summed E-state index contributed by atoms with van der Waals surface area (Å²) in [5.74, 6) is 0.468. The Labute approximate surface area is 150 Å². The van der Waals surface area contributed by atoms with Crippen molar-refractivity contribution in [2.75, 3.05) is 0 Å². The normalized spacial score (nSPS) is 11.6. The number of halogens is 1. The van der Waals surface area contributed by atoms with E-state index in [1.807, 2.05) is 12.1 Å². The van der Waals surface area contributed by atoms with Crippen LogP contribution in [0.3, 0.4) is 0 Å². The van der Waals surface area contributed by atoms with Crippen LogP contribution >= 0.6 is 23.4 Å². The number of benzene rings is 1. The maximum absolute atomic E-state index is 12.3. The first-order chi connectivity index (χ1) is 11.4. The van der Waals surface area contributed by atoms with E-state index in [1.54, 1.807) is 32.9 Å². The van der Waals surface area contributed by atoms with Gasteiger partial charge in [0.25, 0.3) is 0 Å². The molecule has 5 nitrogen and oxygen atoms in total. The Bertz CT molecular complexity index is 786. The lowest BCUT2D eigenvalue weighted by Gasteiger charge is -2.13. The van der Waals surface area contributed by atoms with Crippen LogP contribution in [-0.4, -0.2) is 21.1 Å². The Morgan fingerprint density at radius 2 is 2.00 bits per heavy atom. The Morgan fingerprint density at radius 3 is 2.62 bits per heavy atom. The molecule has 7 heteroatoms. The van der Waals surface area contributed by atoms with Crippen molar-refractivity contribution in [1.29, 1.82) is 5.26 Å². The quantitative estimate of drug-likeness (QED) is 0.653. The zero-order valence-corrected chi connectivity index (χ0v) is 15.2. The summed E-state index contributed by atoms with van der Waals surface area (Å²) in [5.41, 5.74) is 2.01. The van der Waals surface area contributed by atoms with Gasteiger partial charge in [-0.05, 0) is 38.5 Å². The fourth-order valence-electron chi connectivity index (χ4n) is 2.05. The number of hydrogen-bond donors (Lipinski definition) is 1. The molecule has 24 heavy (non-hydrogen) atoms. The van der Waals surface area contributed by atoms with Gasteiger partial charge in [0.15, 0.2) is 0 Å². The molecule has 0 radical (unpaired) electrons. The van der Waals surface area contributed by atoms with Crippen molar-refractivity contribution in [3.05, 3.63) is 51.9 Å². The lowest BCUT2D eigenvalue weighted by atomic mass is 10.2. The molecule has 0 aliphatic carbocycles. The van der Waals surface area contributed by atoms with E-state index in [0.29, 0.717) is 33.7 Å². The van der Waals surface area contributed by atoms with Gasteiger partial charge in [0.05, 0.1) is 10.9 Å². The van der Waals surface area contributed by atoms with Gasteiger partial charge in [-0.1, -0.05) is 35.5 Å². The molecule has 2 rings (SSSR count). The van der Waals surface area contributed by atoms with E-state index in [1.165, 1.54) is 11.8 Å². The summed E-state index contributed by atoms with van der Waals surface area (Å²) in [5, 5.41) is 13.0. The summed E-state index contributed by atoms with van der Waals surface area (Å²) in [6.07, 6.45) is 0. The summed E-state index contributed by atoms with van der Waals surface area (Å²) >= 11 is 7.10. The monoisotopic (exact) mass is 360 g/mol. The number of rotatable bonds is 5. The van der Waals surface area contributed by atoms with E-state index < -0.39 is 0 Å². The lowest BCUT2D eigenvalue weighted by molar-refractivity contribution is -0.120. The third-order valence-electron chi connectivity index (χ3n) is 3.32. The van der Waals surface area contributed by atoms with Gasteiger partial charge in [0.1, 0.15) is 22.5 Å². The largest absolute Gasteiger partial charge is 0.351 e. The molecule has 124 valence electrons. The maximum Gasteiger partial charge on any atom is 0.233 e. The first-order valence-corrected chi connectivity index (χ1v) is 8.60. The van der Waals surface area contributed by atoms with E-state index in [9.17, 15) is 10.1 Å². The number of hydrogen-bond acceptors (Lipinski definition) is 5. The van der Waals surface area contributed by atoms with E-state index in [4.69, 9.17) is 11.6 Å². The summed E-state index contributed by atoms with van der Waals surface area (Å²) < 4.78 is 0. The third kappa shape index (κ3) is 4.70. The molecule has 0 saturated carbocycles. The molecule has 1 N–H and O–H groups in total. The highest BCUT2D eigenvalue weighted by Gasteiger charge is 2.19. The number of thioether (sulfide) groups is 1. The number of nitrogens with zero attached hydrogens (tertiary/aromatic N) is 3. The molecule has 1 amide bonds. The molecule has 1 heterocycles. The van der Waals surface area contributed by atoms with Crippen molar-refractivity contribution >= 4 is 29.3 Å². The SMILES string of the molecule is Cc1nc(C)c(C#N)c(SC(C)C(=O)NCc2ccc(Cl)cc2)n1. The van der Waals surface area contributed by atoms with Crippen molar-refractivity contribution in [3.63, 3.8) is 0 Å². The zero-order valence-electron chi connectivity index (χ0n) is 13.6. The number of amides is 1. The topological polar surface area (TPSA) is 78.7 Å². The van der Waals surface area contributed by atoms with Gasteiger partial charge in [0, 0.05) is 11.6 Å². The van der Waals surface area contributed by atoms with Gasteiger partial charge in [-0.2, -0.15) is 5.26 Å². The fourth-order valence-corrected chi connectivity index (χ4v) is 3.20. The molecule has 0 spiro atoms. The molecule has 0 saturated heterocycles. The van der Waals surface area contributed by atoms with Crippen LogP contribution in [0.1, 0.15) is 29.6 Å². The molecule has 1 aromatic heterocycles. The van der Waals surface area contributed by atoms with Crippen LogP contribution in [0.4, 0.5) is 0 Å². The van der Waals surface area contributed by atoms with E-state index in [0.717, 1.165) is 5.56 Å². The van der Waals surface area contributed by atoms with E-state index >= 15 is 0 Å². The first kappa shape index (κ1) is 18.2. The Balaban J connectivity index is 2.02. The van der Waals surface area contributed by atoms with Crippen LogP contribution in [0.2, 0.25) is 5.02 Å². The molecule has 0 aliphatic rings. The highest BCUT2D eigenvalue weighted by atomic mass is 35.5. The Morgan fingerprint density at radius 1 is 1.33 bits per heavy atom. The standard InChI is InChI=1S/C17H17ClN4OS/c1-10-15(8-19)17(22-12(3)21-10)24-11(2)16(23)20-9-13-4-6-14(18)7-5-13/h4-7,11H,9H2,1-3H3,(H,20,23). The van der Waals surface area contributed by atoms with Gasteiger partial charge >= 0.3 is 0 Å². The van der Waals surface area contributed by atoms with Gasteiger partial charge in [-0.25, -0.2) is 9.97 Å². The molecule has 0 bridgehead atoms. The van der Waals surface area contributed by atoms with Crippen LogP contribution in [0.5, 0.6) is 0 Å². The predicted octanol–water partition coefficient (Wildman–Crippen LogP) is 3.42. The predicted molar refractivity (Wildman–Crippen MR) is 94.8 cm³/mol. The molecule has 0 aliphatic heterocycles. The highest BCUT2D eigenvalue weighted by molar-refractivity contribution is 8.00. The van der Waals surface area contributed by atoms with Crippen LogP contribution < -0.4 is 5.32 Å². The molecular formula is C17H17ClN4OS. The van der Waals surface area contributed by atoms with Crippen molar-refractivity contribution in [2.45, 2.75) is 37.6 Å². The average molecular weight is 361 g/mol. The summed E-state index contributed by atoms with van der Waals surface area (Å²) in [6.45, 7) is 5.75. The fraction of sp³-hybridized carbons (Fsp3) is 0.294. The van der Waals surface area contributed by atoms with Crippen LogP contribution in [-0.2, 0) is 11.3 Å². The smallest absolute Gasteiger partial charge is 0.233 e. The Hall–Kier alpha value is -2.10. The van der Waals surface area contributed by atoms with Gasteiger partial charge in [0.2, 0.25) is 5.91 Å². The van der Waals surface area contributed by atoms with Crippen molar-refractivity contribution in [1.82, 2.24) is 15.3 Å². The van der Waals surface area contributed by atoms with Crippen LogP contribution in [0, 0.1) is 25.2 Å². The second-order valence-electron chi connectivity index (χ2n) is 5.25.